The number of benzene rings is 1. The van der Waals surface area contributed by atoms with Crippen molar-refractivity contribution in [1.82, 2.24) is 14.4 Å². The van der Waals surface area contributed by atoms with Gasteiger partial charge in [0.2, 0.25) is 0 Å². The molecule has 0 aliphatic heterocycles. The molecule has 9 nitrogen and oxygen atoms in total. The van der Waals surface area contributed by atoms with Crippen molar-refractivity contribution in [2.45, 2.75) is 12.6 Å². The van der Waals surface area contributed by atoms with Crippen molar-refractivity contribution in [3.63, 3.8) is 0 Å². The summed E-state index contributed by atoms with van der Waals surface area (Å²) in [6, 6.07) is 7.45. The van der Waals surface area contributed by atoms with Crippen LogP contribution in [0.5, 0.6) is 0 Å². The highest BCUT2D eigenvalue weighted by atomic mass is 127. The molecule has 4 rings (SSSR count). The van der Waals surface area contributed by atoms with Crippen molar-refractivity contribution in [1.29, 1.82) is 0 Å². The van der Waals surface area contributed by atoms with Gasteiger partial charge in [0.05, 0.1) is 17.4 Å². The number of anilines is 3. The third-order valence-electron chi connectivity index (χ3n) is 4.82. The van der Waals surface area contributed by atoms with Gasteiger partial charge in [-0.2, -0.15) is 13.2 Å². The van der Waals surface area contributed by atoms with Crippen molar-refractivity contribution < 1.29 is 41.8 Å². The van der Waals surface area contributed by atoms with Crippen LogP contribution in [0.1, 0.15) is 21.5 Å². The van der Waals surface area contributed by atoms with Crippen LogP contribution >= 0.6 is 22.6 Å². The van der Waals surface area contributed by atoms with Crippen LogP contribution in [-0.4, -0.2) is 42.7 Å². The van der Waals surface area contributed by atoms with E-state index in [0.29, 0.717) is 14.7 Å². The second-order valence-corrected chi connectivity index (χ2v) is 8.53. The van der Waals surface area contributed by atoms with Crippen LogP contribution in [0.3, 0.4) is 0 Å². The van der Waals surface area contributed by atoms with Gasteiger partial charge in [0.25, 0.3) is 0 Å². The number of rotatable bonds is 5. The number of alkyl halides is 3. The number of carboxylic acids is 2. The quantitative estimate of drug-likeness (QED) is 0.180. The van der Waals surface area contributed by atoms with Crippen LogP contribution in [0.25, 0.3) is 5.52 Å². The molecule has 0 radical (unpaired) electrons. The lowest BCUT2D eigenvalue weighted by Gasteiger charge is -2.16. The van der Waals surface area contributed by atoms with Gasteiger partial charge in [-0.1, -0.05) is 0 Å². The third kappa shape index (κ3) is 6.41. The number of fused-ring (bicyclic) bond motifs is 1. The summed E-state index contributed by atoms with van der Waals surface area (Å²) in [7, 11) is 0. The number of carboxylic acid groups (broad SMARTS) is 2. The molecule has 0 fully saturated rings. The Hall–Kier alpha value is -4.02. The minimum Gasteiger partial charge on any atom is -0.478 e. The fourth-order valence-corrected chi connectivity index (χ4v) is 3.60. The van der Waals surface area contributed by atoms with E-state index in [4.69, 9.17) is 15.6 Å². The second kappa shape index (κ2) is 10.9. The van der Waals surface area contributed by atoms with E-state index in [-0.39, 0.29) is 34.9 Å². The summed E-state index contributed by atoms with van der Waals surface area (Å²) < 4.78 is 62.6. The molecule has 194 valence electrons. The molecule has 0 saturated heterocycles. The number of nitrogens with two attached hydrogens (primary N) is 1. The average molecular weight is 635 g/mol. The Morgan fingerprint density at radius 2 is 1.78 bits per heavy atom. The molecule has 0 atom stereocenters. The van der Waals surface area contributed by atoms with E-state index in [0.717, 1.165) is 0 Å². The largest absolute Gasteiger partial charge is 0.490 e. The van der Waals surface area contributed by atoms with Crippen molar-refractivity contribution in [2.75, 3.05) is 11.1 Å². The fraction of sp³-hybridized carbons (Fsp3) is 0.0909. The Morgan fingerprint density at radius 3 is 2.38 bits per heavy atom. The molecule has 0 aliphatic carbocycles. The maximum Gasteiger partial charge on any atom is 0.490 e. The molecule has 15 heteroatoms. The molecular weight excluding hydrogens is 620 g/mol. The predicted octanol–water partition coefficient (Wildman–Crippen LogP) is 4.86. The summed E-state index contributed by atoms with van der Waals surface area (Å²) in [5.74, 6) is -5.26. The van der Waals surface area contributed by atoms with E-state index in [1.807, 2.05) is 22.6 Å². The van der Waals surface area contributed by atoms with Gasteiger partial charge < -0.3 is 21.3 Å². The number of hydrogen-bond donors (Lipinski definition) is 4. The van der Waals surface area contributed by atoms with E-state index in [2.05, 4.69) is 15.3 Å². The van der Waals surface area contributed by atoms with Gasteiger partial charge in [-0.25, -0.2) is 28.3 Å². The monoisotopic (exact) mass is 635 g/mol. The lowest BCUT2D eigenvalue weighted by atomic mass is 10.0. The summed E-state index contributed by atoms with van der Waals surface area (Å²) in [6.45, 7) is 0. The van der Waals surface area contributed by atoms with E-state index < -0.39 is 29.7 Å². The van der Waals surface area contributed by atoms with Crippen molar-refractivity contribution in [2.24, 2.45) is 0 Å². The Labute approximate surface area is 217 Å². The normalized spacial score (nSPS) is 11.1. The number of carbonyl (C=O) groups is 2. The highest BCUT2D eigenvalue weighted by molar-refractivity contribution is 14.1. The van der Waals surface area contributed by atoms with Gasteiger partial charge in [0, 0.05) is 16.2 Å². The van der Waals surface area contributed by atoms with E-state index >= 15 is 0 Å². The zero-order valence-corrected chi connectivity index (χ0v) is 20.4. The molecule has 0 aliphatic rings. The first-order chi connectivity index (χ1) is 17.3. The summed E-state index contributed by atoms with van der Waals surface area (Å²) >= 11 is 1.98. The van der Waals surface area contributed by atoms with Crippen molar-refractivity contribution in [3.05, 3.63) is 80.9 Å². The Bertz CT molecular complexity index is 1490. The molecule has 5 N–H and O–H groups in total. The second-order valence-electron chi connectivity index (χ2n) is 7.28. The molecule has 1 aromatic carbocycles. The summed E-state index contributed by atoms with van der Waals surface area (Å²) in [5.41, 5.74) is 6.87. The lowest BCUT2D eigenvalue weighted by molar-refractivity contribution is -0.192. The van der Waals surface area contributed by atoms with Gasteiger partial charge in [0.15, 0.2) is 11.6 Å². The number of aromatic carboxylic acids is 1. The summed E-state index contributed by atoms with van der Waals surface area (Å²) in [4.78, 5) is 28.7. The Morgan fingerprint density at radius 1 is 1.11 bits per heavy atom. The van der Waals surface area contributed by atoms with Crippen LogP contribution < -0.4 is 11.1 Å². The first kappa shape index (κ1) is 27.6. The number of aliphatic carboxylic acids is 1. The number of nitrogens with zero attached hydrogens (tertiary/aromatic N) is 3. The first-order valence-electron chi connectivity index (χ1n) is 9.91. The number of aromatic nitrogens is 3. The average Bonchev–Trinajstić information content (AvgIpc) is 3.30. The van der Waals surface area contributed by atoms with Gasteiger partial charge in [-0.15, -0.1) is 0 Å². The molecule has 0 spiro atoms. The van der Waals surface area contributed by atoms with E-state index in [9.17, 15) is 31.9 Å². The van der Waals surface area contributed by atoms with Gasteiger partial charge in [-0.05, 0) is 64.0 Å². The fourth-order valence-electron chi connectivity index (χ4n) is 3.15. The molecule has 3 aromatic heterocycles. The zero-order valence-electron chi connectivity index (χ0n) is 18.2. The van der Waals surface area contributed by atoms with Crippen LogP contribution in [0.15, 0.2) is 49.1 Å². The van der Waals surface area contributed by atoms with Gasteiger partial charge in [-0.3, -0.25) is 4.40 Å². The molecule has 0 bridgehead atoms. The molecule has 3 heterocycles. The van der Waals surface area contributed by atoms with Gasteiger partial charge >= 0.3 is 18.1 Å². The molecule has 0 saturated carbocycles. The summed E-state index contributed by atoms with van der Waals surface area (Å²) in [5, 5.41) is 19.7. The van der Waals surface area contributed by atoms with Gasteiger partial charge in [0.1, 0.15) is 23.5 Å². The number of imidazole rings is 1. The van der Waals surface area contributed by atoms with Crippen molar-refractivity contribution >= 4 is 57.4 Å². The number of hydrogen-bond acceptors (Lipinski definition) is 6. The molecule has 0 unspecified atom stereocenters. The number of nitrogen functional groups attached to an aromatic ring is 1. The van der Waals surface area contributed by atoms with Crippen LogP contribution in [0, 0.1) is 15.2 Å². The predicted molar refractivity (Wildman–Crippen MR) is 130 cm³/mol. The maximum absolute atomic E-state index is 14.3. The Balaban J connectivity index is 0.000000479. The van der Waals surface area contributed by atoms with Crippen molar-refractivity contribution in [3.8, 4) is 0 Å². The molecular formula is C22H15F5IN5O4. The minimum absolute atomic E-state index is 0.0756. The van der Waals surface area contributed by atoms with E-state index in [1.165, 1.54) is 47.4 Å². The summed E-state index contributed by atoms with van der Waals surface area (Å²) in [6.07, 6.45) is -0.685. The molecule has 4 aromatic rings. The topological polar surface area (TPSA) is 143 Å². The lowest BCUT2D eigenvalue weighted by Crippen LogP contribution is -2.21. The standard InChI is InChI=1S/C20H14F2IN5O2.C2HF3O2/c21-14-7-12(23)1-2-15(14)27-19-13(20(29)30)6-11(16-8-25-9-28(16)19)5-10-3-4-26-18(24)17(10)22;3-2(4,5)1(6)7/h1-4,6-9,27H,5H2,(H2,24,26)(H,29,30);(H,6,7). The minimum atomic E-state index is -5.08. The number of nitrogens with one attached hydrogen (secondary N) is 1. The van der Waals surface area contributed by atoms with Crippen LogP contribution in [0.2, 0.25) is 0 Å². The molecule has 0 amide bonds. The maximum atomic E-state index is 14.3. The van der Waals surface area contributed by atoms with E-state index in [1.54, 1.807) is 6.07 Å². The number of pyridine rings is 2. The molecule has 37 heavy (non-hydrogen) atoms. The smallest absolute Gasteiger partial charge is 0.478 e. The highest BCUT2D eigenvalue weighted by Gasteiger charge is 2.38. The van der Waals surface area contributed by atoms with Crippen LogP contribution in [-0.2, 0) is 11.2 Å². The SMILES string of the molecule is Nc1nccc(Cc2cc(C(=O)O)c(Nc3ccc(I)cc3F)n3cncc23)c1F.O=C(O)C(F)(F)F. The van der Waals surface area contributed by atoms with Crippen LogP contribution in [0.4, 0.5) is 39.3 Å². The number of halogens is 6. The third-order valence-corrected chi connectivity index (χ3v) is 5.49. The first-order valence-corrected chi connectivity index (χ1v) is 11.0. The Kier molecular flexibility index (Phi) is 8.15. The zero-order chi connectivity index (χ0) is 27.5. The highest BCUT2D eigenvalue weighted by Crippen LogP contribution is 2.29.